The Hall–Kier alpha value is -1.95. The summed E-state index contributed by atoms with van der Waals surface area (Å²) in [6.07, 6.45) is 2.51. The number of fused-ring (bicyclic) bond motifs is 1. The van der Waals surface area contributed by atoms with Gasteiger partial charge >= 0.3 is 5.97 Å². The molecule has 1 aliphatic heterocycles. The van der Waals surface area contributed by atoms with E-state index in [-0.39, 0.29) is 0 Å². The lowest BCUT2D eigenvalue weighted by Gasteiger charge is -2.34. The molecule has 3 heterocycles. The molecule has 3 rings (SSSR count). The Morgan fingerprint density at radius 1 is 1.45 bits per heavy atom. The summed E-state index contributed by atoms with van der Waals surface area (Å²) in [6, 6.07) is 1.24. The fraction of sp³-hybridized carbons (Fsp3) is 0.357. The molecule has 0 bridgehead atoms. The van der Waals surface area contributed by atoms with Crippen LogP contribution in [0.4, 0.5) is 5.82 Å². The fourth-order valence-corrected chi connectivity index (χ4v) is 3.40. The highest BCUT2D eigenvalue weighted by molar-refractivity contribution is 7.10. The van der Waals surface area contributed by atoms with Gasteiger partial charge in [-0.05, 0) is 37.3 Å². The molecule has 1 atom stereocenters. The predicted octanol–water partition coefficient (Wildman–Crippen LogP) is 2.34. The zero-order chi connectivity index (χ0) is 14.3. The zero-order valence-corrected chi connectivity index (χ0v) is 12.1. The van der Waals surface area contributed by atoms with Crippen LogP contribution >= 0.6 is 11.3 Å². The van der Waals surface area contributed by atoms with Gasteiger partial charge in [-0.2, -0.15) is 0 Å². The monoisotopic (exact) mass is 289 g/mol. The number of rotatable bonds is 2. The summed E-state index contributed by atoms with van der Waals surface area (Å²) in [5, 5.41) is 11.5. The number of carbonyl (C=O) groups is 1. The molecule has 0 saturated carbocycles. The summed E-state index contributed by atoms with van der Waals surface area (Å²) in [4.78, 5) is 23.4. The molecule has 104 valence electrons. The molecular weight excluding hydrogens is 274 g/mol. The second-order valence-electron chi connectivity index (χ2n) is 4.88. The molecule has 20 heavy (non-hydrogen) atoms. The molecule has 0 amide bonds. The molecule has 2 aromatic heterocycles. The first-order valence-corrected chi connectivity index (χ1v) is 7.32. The van der Waals surface area contributed by atoms with Crippen LogP contribution in [0.3, 0.4) is 0 Å². The molecule has 0 radical (unpaired) electrons. The summed E-state index contributed by atoms with van der Waals surface area (Å²) in [5.74, 6) is -0.207. The lowest BCUT2D eigenvalue weighted by molar-refractivity contribution is -0.138. The van der Waals surface area contributed by atoms with Gasteiger partial charge in [-0.15, -0.1) is 11.3 Å². The van der Waals surface area contributed by atoms with Crippen molar-refractivity contribution in [2.24, 2.45) is 0 Å². The maximum atomic E-state index is 11.7. The van der Waals surface area contributed by atoms with Crippen molar-refractivity contribution in [3.63, 3.8) is 0 Å². The molecule has 0 aromatic carbocycles. The van der Waals surface area contributed by atoms with Crippen molar-refractivity contribution >= 4 is 23.1 Å². The van der Waals surface area contributed by atoms with Crippen LogP contribution in [0.15, 0.2) is 17.6 Å². The standard InChI is InChI=1S/C14H15N3O2S/c1-8-9(2)16-12(7-15-8)17-5-3-11-10(4-6-20-11)13(17)14(18)19/h4,6-7,13H,3,5H2,1-2H3,(H,18,19). The highest BCUT2D eigenvalue weighted by Crippen LogP contribution is 2.35. The van der Waals surface area contributed by atoms with Crippen LogP contribution in [0.1, 0.15) is 27.9 Å². The number of carboxylic acids is 1. The van der Waals surface area contributed by atoms with E-state index in [0.29, 0.717) is 12.4 Å². The van der Waals surface area contributed by atoms with Gasteiger partial charge in [-0.25, -0.2) is 9.78 Å². The van der Waals surface area contributed by atoms with E-state index < -0.39 is 12.0 Å². The van der Waals surface area contributed by atoms with Crippen molar-refractivity contribution in [1.29, 1.82) is 0 Å². The maximum absolute atomic E-state index is 11.7. The number of aromatic nitrogens is 2. The van der Waals surface area contributed by atoms with Crippen LogP contribution in [0.25, 0.3) is 0 Å². The third kappa shape index (κ3) is 2.06. The van der Waals surface area contributed by atoms with Crippen LogP contribution in [-0.2, 0) is 11.2 Å². The van der Waals surface area contributed by atoms with Gasteiger partial charge in [-0.1, -0.05) is 0 Å². The Labute approximate surface area is 120 Å². The third-order valence-corrected chi connectivity index (χ3v) is 4.67. The molecule has 0 saturated heterocycles. The average molecular weight is 289 g/mol. The van der Waals surface area contributed by atoms with Crippen LogP contribution in [0.2, 0.25) is 0 Å². The van der Waals surface area contributed by atoms with E-state index in [2.05, 4.69) is 9.97 Å². The Bertz CT molecular complexity index is 668. The summed E-state index contributed by atoms with van der Waals surface area (Å²) >= 11 is 1.62. The van der Waals surface area contributed by atoms with Crippen molar-refractivity contribution in [2.75, 3.05) is 11.4 Å². The van der Waals surface area contributed by atoms with E-state index in [1.165, 1.54) is 0 Å². The molecule has 6 heteroatoms. The second-order valence-corrected chi connectivity index (χ2v) is 5.88. The third-order valence-electron chi connectivity index (χ3n) is 3.67. The van der Waals surface area contributed by atoms with Gasteiger partial charge in [0.15, 0.2) is 6.04 Å². The van der Waals surface area contributed by atoms with Crippen molar-refractivity contribution in [1.82, 2.24) is 9.97 Å². The molecule has 1 aliphatic rings. The van der Waals surface area contributed by atoms with Gasteiger partial charge in [0.05, 0.1) is 17.6 Å². The molecule has 0 aliphatic carbocycles. The predicted molar refractivity (Wildman–Crippen MR) is 77.3 cm³/mol. The number of aliphatic carboxylic acids is 1. The van der Waals surface area contributed by atoms with E-state index >= 15 is 0 Å². The molecule has 2 aromatic rings. The molecule has 0 spiro atoms. The van der Waals surface area contributed by atoms with Gasteiger partial charge in [0.1, 0.15) is 5.82 Å². The highest BCUT2D eigenvalue weighted by Gasteiger charge is 2.34. The number of thiophene rings is 1. The minimum absolute atomic E-state index is 0.636. The smallest absolute Gasteiger partial charge is 0.331 e. The zero-order valence-electron chi connectivity index (χ0n) is 11.3. The fourth-order valence-electron chi connectivity index (χ4n) is 2.50. The lowest BCUT2D eigenvalue weighted by atomic mass is 10.00. The number of hydrogen-bond acceptors (Lipinski definition) is 5. The van der Waals surface area contributed by atoms with Gasteiger partial charge < -0.3 is 10.0 Å². The van der Waals surface area contributed by atoms with E-state index in [1.807, 2.05) is 30.2 Å². The molecule has 1 unspecified atom stereocenters. The van der Waals surface area contributed by atoms with Crippen LogP contribution in [-0.4, -0.2) is 27.6 Å². The molecule has 5 nitrogen and oxygen atoms in total. The topological polar surface area (TPSA) is 66.3 Å². The number of aryl methyl sites for hydroxylation is 2. The first-order valence-electron chi connectivity index (χ1n) is 6.44. The minimum Gasteiger partial charge on any atom is -0.479 e. The molecular formula is C14H15N3O2S. The van der Waals surface area contributed by atoms with E-state index in [9.17, 15) is 9.90 Å². The normalized spacial score (nSPS) is 17.9. The van der Waals surface area contributed by atoms with Crippen LogP contribution in [0, 0.1) is 13.8 Å². The average Bonchev–Trinajstić information content (AvgIpc) is 2.88. The van der Waals surface area contributed by atoms with Crippen molar-refractivity contribution in [3.8, 4) is 0 Å². The minimum atomic E-state index is -0.843. The first-order chi connectivity index (χ1) is 9.58. The Balaban J connectivity index is 2.04. The SMILES string of the molecule is Cc1ncc(N2CCc3sccc3C2C(=O)O)nc1C. The summed E-state index contributed by atoms with van der Waals surface area (Å²) in [5.41, 5.74) is 2.59. The van der Waals surface area contributed by atoms with Gasteiger partial charge in [-0.3, -0.25) is 4.98 Å². The first kappa shape index (κ1) is 13.1. The second kappa shape index (κ2) is 4.86. The van der Waals surface area contributed by atoms with E-state index in [4.69, 9.17) is 0 Å². The summed E-state index contributed by atoms with van der Waals surface area (Å²) in [7, 11) is 0. The van der Waals surface area contributed by atoms with E-state index in [1.54, 1.807) is 17.5 Å². The Morgan fingerprint density at radius 3 is 2.95 bits per heavy atom. The highest BCUT2D eigenvalue weighted by atomic mass is 32.1. The van der Waals surface area contributed by atoms with Crippen LogP contribution in [0.5, 0.6) is 0 Å². The van der Waals surface area contributed by atoms with E-state index in [0.717, 1.165) is 28.2 Å². The number of hydrogen-bond donors (Lipinski definition) is 1. The van der Waals surface area contributed by atoms with Crippen molar-refractivity contribution in [2.45, 2.75) is 26.3 Å². The quantitative estimate of drug-likeness (QED) is 0.919. The number of carboxylic acid groups (broad SMARTS) is 1. The molecule has 1 N–H and O–H groups in total. The van der Waals surface area contributed by atoms with Crippen molar-refractivity contribution in [3.05, 3.63) is 39.5 Å². The van der Waals surface area contributed by atoms with Crippen molar-refractivity contribution < 1.29 is 9.90 Å². The van der Waals surface area contributed by atoms with Gasteiger partial charge in [0, 0.05) is 11.4 Å². The number of anilines is 1. The van der Waals surface area contributed by atoms with Gasteiger partial charge in [0.25, 0.3) is 0 Å². The molecule has 0 fully saturated rings. The Morgan fingerprint density at radius 2 is 2.25 bits per heavy atom. The summed E-state index contributed by atoms with van der Waals surface area (Å²) < 4.78 is 0. The largest absolute Gasteiger partial charge is 0.479 e. The van der Waals surface area contributed by atoms with Gasteiger partial charge in [0.2, 0.25) is 0 Å². The number of nitrogens with zero attached hydrogens (tertiary/aromatic N) is 3. The lowest BCUT2D eigenvalue weighted by Crippen LogP contribution is -2.39. The Kier molecular flexibility index (Phi) is 3.17. The summed E-state index contributed by atoms with van der Waals surface area (Å²) in [6.45, 7) is 4.44. The van der Waals surface area contributed by atoms with Crippen LogP contribution < -0.4 is 4.90 Å². The maximum Gasteiger partial charge on any atom is 0.331 e.